The molecule has 5 nitrogen and oxygen atoms in total. The average Bonchev–Trinajstić information content (AvgIpc) is 2.97. The van der Waals surface area contributed by atoms with Gasteiger partial charge in [0.2, 0.25) is 10.0 Å². The van der Waals surface area contributed by atoms with Crippen molar-refractivity contribution < 1.29 is 17.9 Å². The summed E-state index contributed by atoms with van der Waals surface area (Å²) in [4.78, 5) is 0.174. The highest BCUT2D eigenvalue weighted by atomic mass is 79.9. The Morgan fingerprint density at radius 3 is 2.62 bits per heavy atom. The van der Waals surface area contributed by atoms with Gasteiger partial charge in [-0.15, -0.1) is 0 Å². The van der Waals surface area contributed by atoms with Crippen LogP contribution in [0.5, 0.6) is 0 Å². The Morgan fingerprint density at radius 1 is 1.33 bits per heavy atom. The first kappa shape index (κ1) is 16.2. The highest BCUT2D eigenvalue weighted by Crippen LogP contribution is 2.27. The van der Waals surface area contributed by atoms with Crippen LogP contribution in [0.3, 0.4) is 0 Å². The standard InChI is InChI=1S/C14H16BrNO4S/c1-2-16(9-12-4-3-7-20-12)21(18,19)14-6-5-11(10-17)8-13(14)15/h3-8,17H,2,9-10H2,1H3. The molecule has 2 rings (SSSR count). The maximum absolute atomic E-state index is 12.7. The van der Waals surface area contributed by atoms with Gasteiger partial charge in [-0.3, -0.25) is 0 Å². The van der Waals surface area contributed by atoms with Crippen LogP contribution in [0.1, 0.15) is 18.2 Å². The molecule has 1 aromatic heterocycles. The predicted octanol–water partition coefficient (Wildman–Crippen LogP) is 2.75. The van der Waals surface area contributed by atoms with Gasteiger partial charge < -0.3 is 9.52 Å². The van der Waals surface area contributed by atoms with Crippen LogP contribution in [-0.2, 0) is 23.2 Å². The van der Waals surface area contributed by atoms with Crippen molar-refractivity contribution in [3.63, 3.8) is 0 Å². The number of hydrogen-bond acceptors (Lipinski definition) is 4. The van der Waals surface area contributed by atoms with Gasteiger partial charge in [0, 0.05) is 11.0 Å². The second-order valence-corrected chi connectivity index (χ2v) is 7.19. The molecule has 0 atom stereocenters. The zero-order chi connectivity index (χ0) is 15.5. The fourth-order valence-corrected chi connectivity index (χ4v) is 4.43. The minimum atomic E-state index is -3.64. The van der Waals surface area contributed by atoms with Crippen LogP contribution in [0.15, 0.2) is 50.4 Å². The number of sulfonamides is 1. The Bertz CT molecular complexity index is 698. The van der Waals surface area contributed by atoms with E-state index in [-0.39, 0.29) is 18.0 Å². The SMILES string of the molecule is CCN(Cc1ccco1)S(=O)(=O)c1ccc(CO)cc1Br. The van der Waals surface area contributed by atoms with E-state index in [1.165, 1.54) is 16.6 Å². The van der Waals surface area contributed by atoms with Crippen LogP contribution >= 0.6 is 15.9 Å². The molecule has 0 spiro atoms. The van der Waals surface area contributed by atoms with Crippen LogP contribution in [0.2, 0.25) is 0 Å². The maximum Gasteiger partial charge on any atom is 0.244 e. The van der Waals surface area contributed by atoms with Gasteiger partial charge in [0.05, 0.1) is 24.3 Å². The van der Waals surface area contributed by atoms with Gasteiger partial charge in [-0.2, -0.15) is 4.31 Å². The second kappa shape index (κ2) is 6.74. The summed E-state index contributed by atoms with van der Waals surface area (Å²) < 4.78 is 32.4. The Labute approximate surface area is 132 Å². The number of furan rings is 1. The van der Waals surface area contributed by atoms with Crippen molar-refractivity contribution >= 4 is 26.0 Å². The third-order valence-corrected chi connectivity index (χ3v) is 5.96. The fourth-order valence-electron chi connectivity index (χ4n) is 1.93. The topological polar surface area (TPSA) is 70.8 Å². The number of aliphatic hydroxyl groups is 1. The van der Waals surface area contributed by atoms with E-state index < -0.39 is 10.0 Å². The lowest BCUT2D eigenvalue weighted by molar-refractivity contribution is 0.281. The van der Waals surface area contributed by atoms with Gasteiger partial charge in [-0.25, -0.2) is 8.42 Å². The first-order valence-electron chi connectivity index (χ1n) is 6.41. The molecule has 1 heterocycles. The number of rotatable bonds is 6. The summed E-state index contributed by atoms with van der Waals surface area (Å²) in [6, 6.07) is 8.16. The van der Waals surface area contributed by atoms with E-state index in [2.05, 4.69) is 15.9 Å². The van der Waals surface area contributed by atoms with Crippen molar-refractivity contribution in [2.24, 2.45) is 0 Å². The molecular weight excluding hydrogens is 358 g/mol. The van der Waals surface area contributed by atoms with Gasteiger partial charge in [0.15, 0.2) is 0 Å². The molecule has 1 N–H and O–H groups in total. The van der Waals surface area contributed by atoms with Crippen molar-refractivity contribution in [1.29, 1.82) is 0 Å². The zero-order valence-corrected chi connectivity index (χ0v) is 13.9. The Kier molecular flexibility index (Phi) is 5.21. The summed E-state index contributed by atoms with van der Waals surface area (Å²) in [5.41, 5.74) is 0.648. The Morgan fingerprint density at radius 2 is 2.10 bits per heavy atom. The summed E-state index contributed by atoms with van der Waals surface area (Å²) in [7, 11) is -3.64. The minimum Gasteiger partial charge on any atom is -0.468 e. The van der Waals surface area contributed by atoms with Crippen LogP contribution in [0.25, 0.3) is 0 Å². The number of halogens is 1. The number of aliphatic hydroxyl groups excluding tert-OH is 1. The van der Waals surface area contributed by atoms with Crippen molar-refractivity contribution in [2.75, 3.05) is 6.54 Å². The van der Waals surface area contributed by atoms with E-state index in [1.54, 1.807) is 31.2 Å². The number of benzene rings is 1. The first-order valence-corrected chi connectivity index (χ1v) is 8.64. The molecule has 21 heavy (non-hydrogen) atoms. The third kappa shape index (κ3) is 3.55. The molecule has 0 aliphatic heterocycles. The molecule has 0 unspecified atom stereocenters. The quantitative estimate of drug-likeness (QED) is 0.844. The van der Waals surface area contributed by atoms with E-state index in [4.69, 9.17) is 9.52 Å². The molecule has 0 radical (unpaired) electrons. The molecule has 0 bridgehead atoms. The third-order valence-electron chi connectivity index (χ3n) is 3.06. The molecule has 0 saturated heterocycles. The summed E-state index contributed by atoms with van der Waals surface area (Å²) in [6.45, 7) is 2.15. The van der Waals surface area contributed by atoms with Gasteiger partial charge in [0.25, 0.3) is 0 Å². The monoisotopic (exact) mass is 373 g/mol. The van der Waals surface area contributed by atoms with Crippen molar-refractivity contribution in [1.82, 2.24) is 4.31 Å². The van der Waals surface area contributed by atoms with Crippen molar-refractivity contribution in [3.05, 3.63) is 52.4 Å². The first-order chi connectivity index (χ1) is 9.98. The molecule has 2 aromatic rings. The summed E-state index contributed by atoms with van der Waals surface area (Å²) in [5, 5.41) is 9.09. The zero-order valence-electron chi connectivity index (χ0n) is 11.5. The largest absolute Gasteiger partial charge is 0.468 e. The molecule has 0 saturated carbocycles. The van der Waals surface area contributed by atoms with Crippen molar-refractivity contribution in [3.8, 4) is 0 Å². The van der Waals surface area contributed by atoms with E-state index >= 15 is 0 Å². The average molecular weight is 374 g/mol. The van der Waals surface area contributed by atoms with Gasteiger partial charge >= 0.3 is 0 Å². The summed E-state index contributed by atoms with van der Waals surface area (Å²) in [5.74, 6) is 0.587. The predicted molar refractivity (Wildman–Crippen MR) is 82.0 cm³/mol. The van der Waals surface area contributed by atoms with Gasteiger partial charge in [0.1, 0.15) is 5.76 Å². The molecule has 0 fully saturated rings. The van der Waals surface area contributed by atoms with E-state index in [9.17, 15) is 8.42 Å². The molecule has 114 valence electrons. The number of nitrogens with zero attached hydrogens (tertiary/aromatic N) is 1. The van der Waals surface area contributed by atoms with E-state index in [0.717, 1.165) is 0 Å². The molecule has 7 heteroatoms. The lowest BCUT2D eigenvalue weighted by Crippen LogP contribution is -2.30. The lowest BCUT2D eigenvalue weighted by Gasteiger charge is -2.20. The minimum absolute atomic E-state index is 0.136. The smallest absolute Gasteiger partial charge is 0.244 e. The van der Waals surface area contributed by atoms with E-state index in [1.807, 2.05) is 0 Å². The summed E-state index contributed by atoms with van der Waals surface area (Å²) in [6.07, 6.45) is 1.52. The van der Waals surface area contributed by atoms with Crippen molar-refractivity contribution in [2.45, 2.75) is 25.0 Å². The molecule has 0 aliphatic rings. The highest BCUT2D eigenvalue weighted by Gasteiger charge is 2.26. The Balaban J connectivity index is 2.35. The van der Waals surface area contributed by atoms with Crippen LogP contribution in [0.4, 0.5) is 0 Å². The number of hydrogen-bond donors (Lipinski definition) is 1. The highest BCUT2D eigenvalue weighted by molar-refractivity contribution is 9.10. The fraction of sp³-hybridized carbons (Fsp3) is 0.286. The Hall–Kier alpha value is -1.15. The molecular formula is C14H16BrNO4S. The molecule has 0 amide bonds. The van der Waals surface area contributed by atoms with E-state index in [0.29, 0.717) is 22.3 Å². The normalized spacial score (nSPS) is 12.0. The van der Waals surface area contributed by atoms with Crippen LogP contribution in [-0.4, -0.2) is 24.4 Å². The van der Waals surface area contributed by atoms with Crippen LogP contribution in [0, 0.1) is 0 Å². The van der Waals surface area contributed by atoms with Gasteiger partial charge in [-0.1, -0.05) is 13.0 Å². The maximum atomic E-state index is 12.7. The molecule has 0 aliphatic carbocycles. The summed E-state index contributed by atoms with van der Waals surface area (Å²) >= 11 is 3.26. The lowest BCUT2D eigenvalue weighted by atomic mass is 10.2. The second-order valence-electron chi connectivity index (χ2n) is 4.43. The molecule has 1 aromatic carbocycles. The van der Waals surface area contributed by atoms with Crippen LogP contribution < -0.4 is 0 Å². The van der Waals surface area contributed by atoms with Gasteiger partial charge in [-0.05, 0) is 45.8 Å².